The molecular weight excluding hydrogens is 292 g/mol. The number of hydrogen-bond donors (Lipinski definition) is 1. The van der Waals surface area contributed by atoms with Gasteiger partial charge in [-0.1, -0.05) is 30.0 Å². The van der Waals surface area contributed by atoms with Crippen LogP contribution in [-0.2, 0) is 4.79 Å². The minimum absolute atomic E-state index is 0.0808. The first kappa shape index (κ1) is 15.7. The Labute approximate surface area is 128 Å². The van der Waals surface area contributed by atoms with Crippen molar-refractivity contribution in [1.82, 2.24) is 20.4 Å². The lowest BCUT2D eigenvalue weighted by atomic mass is 10.0. The van der Waals surface area contributed by atoms with Gasteiger partial charge in [0.25, 0.3) is 0 Å². The maximum absolute atomic E-state index is 11.7. The van der Waals surface area contributed by atoms with Gasteiger partial charge in [-0.3, -0.25) is 4.79 Å². The molecule has 1 aromatic rings. The molecule has 0 aliphatic carbocycles. The third kappa shape index (κ3) is 5.76. The van der Waals surface area contributed by atoms with E-state index < -0.39 is 0 Å². The van der Waals surface area contributed by atoms with Gasteiger partial charge in [-0.25, -0.2) is 0 Å². The van der Waals surface area contributed by atoms with E-state index in [4.69, 9.17) is 0 Å². The van der Waals surface area contributed by atoms with Crippen LogP contribution in [0.4, 0.5) is 0 Å². The molecule has 0 aromatic carbocycles. The normalized spacial score (nSPS) is 19.9. The van der Waals surface area contributed by atoms with Gasteiger partial charge in [0, 0.05) is 13.1 Å². The lowest BCUT2D eigenvalue weighted by Gasteiger charge is -2.30. The van der Waals surface area contributed by atoms with Crippen molar-refractivity contribution in [3.63, 3.8) is 0 Å². The Morgan fingerprint density at radius 1 is 1.65 bits per heavy atom. The minimum Gasteiger partial charge on any atom is -0.355 e. The number of carbonyl (C=O) groups excluding carboxylic acids is 1. The van der Waals surface area contributed by atoms with Crippen molar-refractivity contribution in [3.05, 3.63) is 5.51 Å². The number of carbonyl (C=O) groups is 1. The number of amides is 1. The summed E-state index contributed by atoms with van der Waals surface area (Å²) < 4.78 is 0.849. The van der Waals surface area contributed by atoms with Gasteiger partial charge in [0.1, 0.15) is 5.51 Å². The molecule has 1 atom stereocenters. The molecule has 1 fully saturated rings. The highest BCUT2D eigenvalue weighted by atomic mass is 32.2. The lowest BCUT2D eigenvalue weighted by Crippen LogP contribution is -2.36. The fourth-order valence-electron chi connectivity index (χ4n) is 2.42. The molecule has 0 spiro atoms. The highest BCUT2D eigenvalue weighted by molar-refractivity contribution is 8.01. The predicted molar refractivity (Wildman–Crippen MR) is 83.1 cm³/mol. The van der Waals surface area contributed by atoms with Crippen LogP contribution in [0.2, 0.25) is 0 Å². The van der Waals surface area contributed by atoms with E-state index in [1.165, 1.54) is 49.0 Å². The quantitative estimate of drug-likeness (QED) is 0.615. The number of hydrogen-bond acceptors (Lipinski definition) is 6. The summed E-state index contributed by atoms with van der Waals surface area (Å²) in [5, 5.41) is 10.6. The Morgan fingerprint density at radius 3 is 3.30 bits per heavy atom. The summed E-state index contributed by atoms with van der Waals surface area (Å²) in [6.45, 7) is 6.60. The maximum atomic E-state index is 11.7. The first-order valence-electron chi connectivity index (χ1n) is 7.12. The molecule has 2 heterocycles. The van der Waals surface area contributed by atoms with Gasteiger partial charge >= 0.3 is 0 Å². The predicted octanol–water partition coefficient (Wildman–Crippen LogP) is 1.87. The van der Waals surface area contributed by atoms with Crippen LogP contribution in [0.15, 0.2) is 9.85 Å². The van der Waals surface area contributed by atoms with Crippen LogP contribution in [0.5, 0.6) is 0 Å². The number of aromatic nitrogens is 2. The topological polar surface area (TPSA) is 58.1 Å². The Balaban J connectivity index is 1.51. The number of piperidine rings is 1. The van der Waals surface area contributed by atoms with E-state index in [0.29, 0.717) is 5.75 Å². The average molecular weight is 314 g/mol. The molecular formula is C13H22N4OS2. The van der Waals surface area contributed by atoms with E-state index >= 15 is 0 Å². The van der Waals surface area contributed by atoms with Crippen LogP contribution in [0.3, 0.4) is 0 Å². The van der Waals surface area contributed by atoms with E-state index in [9.17, 15) is 4.79 Å². The first-order chi connectivity index (χ1) is 9.74. The van der Waals surface area contributed by atoms with Crippen LogP contribution in [0, 0.1) is 5.92 Å². The molecule has 1 saturated heterocycles. The molecule has 1 N–H and O–H groups in total. The summed E-state index contributed by atoms with van der Waals surface area (Å²) in [6, 6.07) is 0. The van der Waals surface area contributed by atoms with Crippen molar-refractivity contribution in [1.29, 1.82) is 0 Å². The van der Waals surface area contributed by atoms with Crippen molar-refractivity contribution in [2.75, 3.05) is 31.9 Å². The fourth-order valence-corrected chi connectivity index (χ4v) is 3.74. The molecule has 20 heavy (non-hydrogen) atoms. The van der Waals surface area contributed by atoms with Gasteiger partial charge in [-0.2, -0.15) is 0 Å². The van der Waals surface area contributed by atoms with Gasteiger partial charge in [0.15, 0.2) is 4.34 Å². The zero-order valence-corrected chi connectivity index (χ0v) is 13.5. The summed E-state index contributed by atoms with van der Waals surface area (Å²) in [5.74, 6) is 1.33. The average Bonchev–Trinajstić information content (AvgIpc) is 2.95. The summed E-state index contributed by atoms with van der Waals surface area (Å²) in [4.78, 5) is 14.2. The van der Waals surface area contributed by atoms with Gasteiger partial charge in [0.05, 0.1) is 5.75 Å². The summed E-state index contributed by atoms with van der Waals surface area (Å²) in [7, 11) is 0. The van der Waals surface area contributed by atoms with Crippen molar-refractivity contribution in [2.24, 2.45) is 5.92 Å². The summed E-state index contributed by atoms with van der Waals surface area (Å²) >= 11 is 2.91. The number of nitrogens with one attached hydrogen (secondary N) is 1. The molecule has 1 unspecified atom stereocenters. The zero-order valence-electron chi connectivity index (χ0n) is 11.9. The lowest BCUT2D eigenvalue weighted by molar-refractivity contribution is -0.118. The van der Waals surface area contributed by atoms with Gasteiger partial charge in [0.2, 0.25) is 5.91 Å². The molecule has 1 aromatic heterocycles. The van der Waals surface area contributed by atoms with E-state index in [2.05, 4.69) is 27.3 Å². The number of nitrogens with zero attached hydrogens (tertiary/aromatic N) is 3. The number of rotatable bonds is 7. The number of thioether (sulfide) groups is 1. The highest BCUT2D eigenvalue weighted by Crippen LogP contribution is 2.18. The molecule has 0 saturated carbocycles. The van der Waals surface area contributed by atoms with Crippen molar-refractivity contribution in [2.45, 2.75) is 30.5 Å². The second kappa shape index (κ2) is 8.59. The van der Waals surface area contributed by atoms with Gasteiger partial charge in [-0.15, -0.1) is 10.2 Å². The molecule has 1 aliphatic rings. The molecule has 5 nitrogen and oxygen atoms in total. The van der Waals surface area contributed by atoms with Crippen molar-refractivity contribution in [3.8, 4) is 0 Å². The second-order valence-electron chi connectivity index (χ2n) is 5.24. The van der Waals surface area contributed by atoms with Crippen molar-refractivity contribution < 1.29 is 4.79 Å². The monoisotopic (exact) mass is 314 g/mol. The van der Waals surface area contributed by atoms with Crippen LogP contribution in [0.25, 0.3) is 0 Å². The fraction of sp³-hybridized carbons (Fsp3) is 0.769. The largest absolute Gasteiger partial charge is 0.355 e. The Bertz CT molecular complexity index is 399. The van der Waals surface area contributed by atoms with Crippen LogP contribution >= 0.6 is 23.1 Å². The second-order valence-corrected chi connectivity index (χ2v) is 7.30. The Hall–Kier alpha value is -0.660. The smallest absolute Gasteiger partial charge is 0.230 e. The SMILES string of the molecule is CC1CCCN(CCCNC(=O)CSc2nncs2)C1. The third-order valence-electron chi connectivity index (χ3n) is 3.38. The van der Waals surface area contributed by atoms with E-state index in [1.54, 1.807) is 5.51 Å². The standard InChI is InChI=1S/C13H22N4OS2/c1-11-4-2-6-17(8-11)7-3-5-14-12(18)9-19-13-16-15-10-20-13/h10-11H,2-9H2,1H3,(H,14,18). The molecule has 0 radical (unpaired) electrons. The molecule has 1 aliphatic heterocycles. The maximum Gasteiger partial charge on any atom is 0.230 e. The molecule has 7 heteroatoms. The number of likely N-dealkylation sites (tertiary alicyclic amines) is 1. The molecule has 2 rings (SSSR count). The third-order valence-corrected chi connectivity index (χ3v) is 5.24. The summed E-state index contributed by atoms with van der Waals surface area (Å²) in [6.07, 6.45) is 3.70. The molecule has 0 bridgehead atoms. The van der Waals surface area contributed by atoms with Crippen LogP contribution in [0.1, 0.15) is 26.2 Å². The zero-order chi connectivity index (χ0) is 14.2. The molecule has 112 valence electrons. The van der Waals surface area contributed by atoms with Gasteiger partial charge in [-0.05, 0) is 38.3 Å². The van der Waals surface area contributed by atoms with Crippen molar-refractivity contribution >= 4 is 29.0 Å². The first-order valence-corrected chi connectivity index (χ1v) is 8.98. The van der Waals surface area contributed by atoms with E-state index in [-0.39, 0.29) is 5.91 Å². The van der Waals surface area contributed by atoms with Crippen LogP contribution in [-0.4, -0.2) is 52.9 Å². The molecule has 1 amide bonds. The van der Waals surface area contributed by atoms with Crippen LogP contribution < -0.4 is 5.32 Å². The van der Waals surface area contributed by atoms with Gasteiger partial charge < -0.3 is 10.2 Å². The Kier molecular flexibility index (Phi) is 6.75. The summed E-state index contributed by atoms with van der Waals surface area (Å²) in [5.41, 5.74) is 1.68. The highest BCUT2D eigenvalue weighted by Gasteiger charge is 2.15. The Morgan fingerprint density at radius 2 is 2.55 bits per heavy atom. The van der Waals surface area contributed by atoms with E-state index in [1.807, 2.05) is 0 Å². The van der Waals surface area contributed by atoms with E-state index in [0.717, 1.165) is 29.8 Å². The minimum atomic E-state index is 0.0808.